The van der Waals surface area contributed by atoms with Gasteiger partial charge in [-0.25, -0.2) is 0 Å². The molecular formula is C12H19ClN2. The monoisotopic (exact) mass is 226 g/mol. The van der Waals surface area contributed by atoms with Gasteiger partial charge in [-0.3, -0.25) is 0 Å². The quantitative estimate of drug-likeness (QED) is 0.810. The van der Waals surface area contributed by atoms with E-state index in [1.165, 1.54) is 5.56 Å². The molecule has 0 heterocycles. The maximum absolute atomic E-state index is 5.93. The van der Waals surface area contributed by atoms with E-state index >= 15 is 0 Å². The zero-order valence-electron chi connectivity index (χ0n) is 9.39. The van der Waals surface area contributed by atoms with Crippen molar-refractivity contribution in [3.8, 4) is 0 Å². The predicted molar refractivity (Wildman–Crippen MR) is 67.5 cm³/mol. The summed E-state index contributed by atoms with van der Waals surface area (Å²) in [5, 5.41) is 4.17. The highest BCUT2D eigenvalue weighted by Gasteiger charge is 2.02. The van der Waals surface area contributed by atoms with Gasteiger partial charge >= 0.3 is 0 Å². The third kappa shape index (κ3) is 4.10. The molecule has 0 saturated heterocycles. The first-order valence-corrected chi connectivity index (χ1v) is 5.71. The van der Waals surface area contributed by atoms with Crippen LogP contribution >= 0.6 is 11.6 Å². The van der Waals surface area contributed by atoms with Crippen molar-refractivity contribution in [2.24, 2.45) is 11.7 Å². The molecule has 0 aliphatic carbocycles. The Morgan fingerprint density at radius 1 is 1.47 bits per heavy atom. The van der Waals surface area contributed by atoms with E-state index in [-0.39, 0.29) is 0 Å². The Labute approximate surface area is 96.8 Å². The maximum atomic E-state index is 5.93. The molecule has 0 aliphatic heterocycles. The minimum atomic E-state index is 0.591. The van der Waals surface area contributed by atoms with E-state index in [0.717, 1.165) is 30.2 Å². The first kappa shape index (κ1) is 12.3. The summed E-state index contributed by atoms with van der Waals surface area (Å²) in [6.07, 6.45) is 1.05. The van der Waals surface area contributed by atoms with Crippen molar-refractivity contribution in [3.63, 3.8) is 0 Å². The number of benzene rings is 1. The fourth-order valence-corrected chi connectivity index (χ4v) is 1.63. The molecule has 1 unspecified atom stereocenters. The topological polar surface area (TPSA) is 38.0 Å². The number of aryl methyl sites for hydroxylation is 1. The normalized spacial score (nSPS) is 12.5. The van der Waals surface area contributed by atoms with Crippen LogP contribution in [0.2, 0.25) is 5.02 Å². The van der Waals surface area contributed by atoms with E-state index < -0.39 is 0 Å². The van der Waals surface area contributed by atoms with Crippen molar-refractivity contribution in [3.05, 3.63) is 28.8 Å². The lowest BCUT2D eigenvalue weighted by Gasteiger charge is -2.14. The summed E-state index contributed by atoms with van der Waals surface area (Å²) in [4.78, 5) is 0. The molecular weight excluding hydrogens is 208 g/mol. The average Bonchev–Trinajstić information content (AvgIpc) is 2.20. The standard InChI is InChI=1S/C12H19ClN2/c1-9(5-6-14)8-15-12-7-11(13)4-3-10(12)2/h3-4,7,9,15H,5-6,8,14H2,1-2H3. The summed E-state index contributed by atoms with van der Waals surface area (Å²) in [6, 6.07) is 5.90. The smallest absolute Gasteiger partial charge is 0.0426 e. The van der Waals surface area contributed by atoms with Crippen LogP contribution in [-0.2, 0) is 0 Å². The number of nitrogens with one attached hydrogen (secondary N) is 1. The lowest BCUT2D eigenvalue weighted by Crippen LogP contribution is -2.15. The minimum Gasteiger partial charge on any atom is -0.385 e. The second-order valence-corrected chi connectivity index (χ2v) is 4.46. The molecule has 0 aliphatic rings. The van der Waals surface area contributed by atoms with Crippen LogP contribution in [0.3, 0.4) is 0 Å². The van der Waals surface area contributed by atoms with Crippen LogP contribution in [-0.4, -0.2) is 13.1 Å². The molecule has 1 aromatic carbocycles. The van der Waals surface area contributed by atoms with Gasteiger partial charge in [0, 0.05) is 17.3 Å². The lowest BCUT2D eigenvalue weighted by atomic mass is 10.1. The van der Waals surface area contributed by atoms with Gasteiger partial charge in [0.2, 0.25) is 0 Å². The van der Waals surface area contributed by atoms with Crippen molar-refractivity contribution in [2.45, 2.75) is 20.3 Å². The Morgan fingerprint density at radius 2 is 2.20 bits per heavy atom. The van der Waals surface area contributed by atoms with E-state index in [4.69, 9.17) is 17.3 Å². The molecule has 1 aromatic rings. The molecule has 0 aromatic heterocycles. The Bertz CT molecular complexity index is 312. The molecule has 84 valence electrons. The van der Waals surface area contributed by atoms with Crippen LogP contribution < -0.4 is 11.1 Å². The number of hydrogen-bond acceptors (Lipinski definition) is 2. The summed E-state index contributed by atoms with van der Waals surface area (Å²) in [5.74, 6) is 0.591. The summed E-state index contributed by atoms with van der Waals surface area (Å²) < 4.78 is 0. The number of anilines is 1. The van der Waals surface area contributed by atoms with E-state index in [1.807, 2.05) is 18.2 Å². The average molecular weight is 227 g/mol. The van der Waals surface area contributed by atoms with Crippen molar-refractivity contribution < 1.29 is 0 Å². The molecule has 0 amide bonds. The van der Waals surface area contributed by atoms with E-state index in [0.29, 0.717) is 5.92 Å². The fourth-order valence-electron chi connectivity index (χ4n) is 1.46. The van der Waals surface area contributed by atoms with Crippen LogP contribution in [0, 0.1) is 12.8 Å². The van der Waals surface area contributed by atoms with Crippen LogP contribution in [0.25, 0.3) is 0 Å². The van der Waals surface area contributed by atoms with Crippen molar-refractivity contribution in [1.29, 1.82) is 0 Å². The zero-order chi connectivity index (χ0) is 11.3. The molecule has 0 fully saturated rings. The maximum Gasteiger partial charge on any atom is 0.0426 e. The third-order valence-electron chi connectivity index (χ3n) is 2.50. The number of hydrogen-bond donors (Lipinski definition) is 2. The molecule has 2 nitrogen and oxygen atoms in total. The van der Waals surface area contributed by atoms with Crippen molar-refractivity contribution in [2.75, 3.05) is 18.4 Å². The Kier molecular flexibility index (Phi) is 4.92. The number of nitrogens with two attached hydrogens (primary N) is 1. The Hall–Kier alpha value is -0.730. The van der Waals surface area contributed by atoms with E-state index in [1.54, 1.807) is 0 Å². The number of rotatable bonds is 5. The molecule has 3 N–H and O–H groups in total. The molecule has 1 atom stereocenters. The highest BCUT2D eigenvalue weighted by Crippen LogP contribution is 2.20. The van der Waals surface area contributed by atoms with Gasteiger partial charge in [-0.1, -0.05) is 24.6 Å². The molecule has 0 spiro atoms. The molecule has 1 rings (SSSR count). The van der Waals surface area contributed by atoms with Crippen LogP contribution in [0.5, 0.6) is 0 Å². The molecule has 0 saturated carbocycles. The summed E-state index contributed by atoms with van der Waals surface area (Å²) in [6.45, 7) is 5.96. The second kappa shape index (κ2) is 5.99. The Balaban J connectivity index is 2.53. The molecule has 0 bridgehead atoms. The van der Waals surface area contributed by atoms with Gasteiger partial charge in [-0.15, -0.1) is 0 Å². The first-order valence-electron chi connectivity index (χ1n) is 5.33. The van der Waals surface area contributed by atoms with Gasteiger partial charge in [-0.2, -0.15) is 0 Å². The zero-order valence-corrected chi connectivity index (χ0v) is 10.1. The van der Waals surface area contributed by atoms with Crippen molar-refractivity contribution >= 4 is 17.3 Å². The van der Waals surface area contributed by atoms with Crippen LogP contribution in [0.1, 0.15) is 18.9 Å². The largest absolute Gasteiger partial charge is 0.385 e. The van der Waals surface area contributed by atoms with E-state index in [9.17, 15) is 0 Å². The fraction of sp³-hybridized carbons (Fsp3) is 0.500. The summed E-state index contributed by atoms with van der Waals surface area (Å²) in [7, 11) is 0. The third-order valence-corrected chi connectivity index (χ3v) is 2.74. The predicted octanol–water partition coefficient (Wildman–Crippen LogP) is 3.05. The molecule has 0 radical (unpaired) electrons. The van der Waals surface area contributed by atoms with Gasteiger partial charge in [0.05, 0.1) is 0 Å². The molecule has 15 heavy (non-hydrogen) atoms. The summed E-state index contributed by atoms with van der Waals surface area (Å²) >= 11 is 5.93. The highest BCUT2D eigenvalue weighted by atomic mass is 35.5. The van der Waals surface area contributed by atoms with Gasteiger partial charge in [-0.05, 0) is 43.5 Å². The lowest BCUT2D eigenvalue weighted by molar-refractivity contribution is 0.568. The second-order valence-electron chi connectivity index (χ2n) is 4.02. The molecule has 3 heteroatoms. The SMILES string of the molecule is Cc1ccc(Cl)cc1NCC(C)CCN. The highest BCUT2D eigenvalue weighted by molar-refractivity contribution is 6.30. The number of halogens is 1. The van der Waals surface area contributed by atoms with E-state index in [2.05, 4.69) is 19.2 Å². The van der Waals surface area contributed by atoms with Gasteiger partial charge in [0.15, 0.2) is 0 Å². The van der Waals surface area contributed by atoms with Gasteiger partial charge < -0.3 is 11.1 Å². The van der Waals surface area contributed by atoms with Gasteiger partial charge in [0.25, 0.3) is 0 Å². The van der Waals surface area contributed by atoms with Crippen LogP contribution in [0.4, 0.5) is 5.69 Å². The first-order chi connectivity index (χ1) is 7.13. The Morgan fingerprint density at radius 3 is 2.87 bits per heavy atom. The van der Waals surface area contributed by atoms with Crippen molar-refractivity contribution in [1.82, 2.24) is 0 Å². The van der Waals surface area contributed by atoms with Crippen LogP contribution in [0.15, 0.2) is 18.2 Å². The minimum absolute atomic E-state index is 0.591. The van der Waals surface area contributed by atoms with Gasteiger partial charge in [0.1, 0.15) is 0 Å². The summed E-state index contributed by atoms with van der Waals surface area (Å²) in [5.41, 5.74) is 7.84.